The molecule has 0 aliphatic heterocycles. The maximum Gasteiger partial charge on any atom is 0.250 e. The molecule has 2 rings (SSSR count). The molecule has 0 radical (unpaired) electrons. The third-order valence-electron chi connectivity index (χ3n) is 3.08. The van der Waals surface area contributed by atoms with Crippen molar-refractivity contribution in [2.45, 2.75) is 13.0 Å². The van der Waals surface area contributed by atoms with Crippen molar-refractivity contribution >= 4 is 23.3 Å². The maximum absolute atomic E-state index is 11.1. The van der Waals surface area contributed by atoms with Crippen LogP contribution < -0.4 is 15.8 Å². The lowest BCUT2D eigenvalue weighted by Gasteiger charge is -2.18. The molecular formula is C15H16ClN3O2. The van der Waals surface area contributed by atoms with E-state index >= 15 is 0 Å². The normalized spacial score (nSPS) is 11.8. The molecule has 1 aromatic carbocycles. The summed E-state index contributed by atoms with van der Waals surface area (Å²) in [6.07, 6.45) is 1.39. The number of carbonyl (C=O) groups is 1. The number of pyridine rings is 1. The zero-order valence-electron chi connectivity index (χ0n) is 11.8. The topological polar surface area (TPSA) is 77.2 Å². The quantitative estimate of drug-likeness (QED) is 0.890. The first-order chi connectivity index (χ1) is 10.0. The van der Waals surface area contributed by atoms with Crippen molar-refractivity contribution in [3.8, 4) is 5.75 Å². The summed E-state index contributed by atoms with van der Waals surface area (Å²) < 4.78 is 5.33. The minimum atomic E-state index is -0.561. The number of hydrogen-bond donors (Lipinski definition) is 2. The average Bonchev–Trinajstić information content (AvgIpc) is 2.48. The van der Waals surface area contributed by atoms with Crippen molar-refractivity contribution in [2.24, 2.45) is 5.73 Å². The van der Waals surface area contributed by atoms with E-state index in [9.17, 15) is 4.79 Å². The molecule has 5 nitrogen and oxygen atoms in total. The van der Waals surface area contributed by atoms with Crippen molar-refractivity contribution in [1.82, 2.24) is 4.98 Å². The molecule has 6 heteroatoms. The number of amides is 1. The zero-order chi connectivity index (χ0) is 15.4. The molecule has 1 amide bonds. The average molecular weight is 306 g/mol. The fourth-order valence-electron chi connectivity index (χ4n) is 1.99. The first-order valence-electron chi connectivity index (χ1n) is 6.37. The van der Waals surface area contributed by atoms with E-state index in [1.807, 2.05) is 31.2 Å². The number of para-hydroxylation sites is 1. The summed E-state index contributed by atoms with van der Waals surface area (Å²) in [5.41, 5.74) is 6.45. The summed E-state index contributed by atoms with van der Waals surface area (Å²) in [5, 5.41) is 3.53. The molecule has 3 N–H and O–H groups in total. The van der Waals surface area contributed by atoms with Crippen LogP contribution in [0.4, 0.5) is 5.82 Å². The molecule has 0 aliphatic rings. The Hall–Kier alpha value is -2.27. The van der Waals surface area contributed by atoms with Crippen LogP contribution in [0.1, 0.15) is 28.9 Å². The molecule has 0 saturated carbocycles. The van der Waals surface area contributed by atoms with E-state index in [0.717, 1.165) is 11.3 Å². The SMILES string of the molecule is COc1ccccc1[C@@H](C)Nc1ncc(C(N)=O)cc1Cl. The second kappa shape index (κ2) is 6.45. The molecule has 0 aliphatic carbocycles. The lowest BCUT2D eigenvalue weighted by molar-refractivity contribution is 0.1000. The van der Waals surface area contributed by atoms with Crippen molar-refractivity contribution in [3.05, 3.63) is 52.7 Å². The summed E-state index contributed by atoms with van der Waals surface area (Å²) in [7, 11) is 1.62. The van der Waals surface area contributed by atoms with Gasteiger partial charge in [0.05, 0.1) is 23.7 Å². The summed E-state index contributed by atoms with van der Waals surface area (Å²) in [5.74, 6) is 0.705. The highest BCUT2D eigenvalue weighted by Crippen LogP contribution is 2.29. The molecule has 1 heterocycles. The van der Waals surface area contributed by atoms with Crippen LogP contribution in [0, 0.1) is 0 Å². The Morgan fingerprint density at radius 1 is 1.43 bits per heavy atom. The smallest absolute Gasteiger partial charge is 0.250 e. The van der Waals surface area contributed by atoms with Gasteiger partial charge in [-0.2, -0.15) is 0 Å². The van der Waals surface area contributed by atoms with Crippen molar-refractivity contribution < 1.29 is 9.53 Å². The number of nitrogens with two attached hydrogens (primary N) is 1. The molecule has 0 spiro atoms. The zero-order valence-corrected chi connectivity index (χ0v) is 12.5. The van der Waals surface area contributed by atoms with Gasteiger partial charge in [0.2, 0.25) is 5.91 Å². The molecule has 1 atom stereocenters. The van der Waals surface area contributed by atoms with Gasteiger partial charge in [0.1, 0.15) is 11.6 Å². The number of nitrogens with one attached hydrogen (secondary N) is 1. The summed E-state index contributed by atoms with van der Waals surface area (Å²) in [6, 6.07) is 9.11. The summed E-state index contributed by atoms with van der Waals surface area (Å²) in [6.45, 7) is 1.97. The van der Waals surface area contributed by atoms with Gasteiger partial charge in [-0.15, -0.1) is 0 Å². The van der Waals surface area contributed by atoms with E-state index in [2.05, 4.69) is 10.3 Å². The number of anilines is 1. The standard InChI is InChI=1S/C15H16ClN3O2/c1-9(11-5-3-4-6-13(11)21-2)19-15-12(16)7-10(8-18-15)14(17)20/h3-9H,1-2H3,(H2,17,20)(H,18,19)/t9-/m1/s1. The monoisotopic (exact) mass is 305 g/mol. The predicted octanol–water partition coefficient (Wildman–Crippen LogP) is 3.02. The first kappa shape index (κ1) is 15.1. The van der Waals surface area contributed by atoms with Gasteiger partial charge in [0, 0.05) is 11.8 Å². The van der Waals surface area contributed by atoms with Crippen LogP contribution >= 0.6 is 11.6 Å². The predicted molar refractivity (Wildman–Crippen MR) is 82.8 cm³/mol. The van der Waals surface area contributed by atoms with Crippen LogP contribution in [0.2, 0.25) is 5.02 Å². The van der Waals surface area contributed by atoms with E-state index in [1.54, 1.807) is 7.11 Å². The largest absolute Gasteiger partial charge is 0.496 e. The van der Waals surface area contributed by atoms with Gasteiger partial charge in [0.15, 0.2) is 0 Å². The van der Waals surface area contributed by atoms with Crippen LogP contribution in [0.3, 0.4) is 0 Å². The summed E-state index contributed by atoms with van der Waals surface area (Å²) >= 11 is 6.11. The Bertz CT molecular complexity index is 661. The summed E-state index contributed by atoms with van der Waals surface area (Å²) in [4.78, 5) is 15.2. The Morgan fingerprint density at radius 3 is 2.76 bits per heavy atom. The highest BCUT2D eigenvalue weighted by Gasteiger charge is 2.14. The molecule has 0 unspecified atom stereocenters. The van der Waals surface area contributed by atoms with Crippen molar-refractivity contribution in [2.75, 3.05) is 12.4 Å². The number of primary amides is 1. The number of carbonyl (C=O) groups excluding carboxylic acids is 1. The van der Waals surface area contributed by atoms with Gasteiger partial charge in [-0.05, 0) is 19.1 Å². The Kier molecular flexibility index (Phi) is 4.65. The van der Waals surface area contributed by atoms with Crippen LogP contribution in [-0.2, 0) is 0 Å². The molecule has 0 bridgehead atoms. The van der Waals surface area contributed by atoms with Gasteiger partial charge in [0.25, 0.3) is 0 Å². The van der Waals surface area contributed by atoms with Crippen LogP contribution in [0.25, 0.3) is 0 Å². The number of hydrogen-bond acceptors (Lipinski definition) is 4. The van der Waals surface area contributed by atoms with Crippen molar-refractivity contribution in [3.63, 3.8) is 0 Å². The second-order valence-electron chi connectivity index (χ2n) is 4.53. The molecule has 0 saturated heterocycles. The third kappa shape index (κ3) is 3.44. The van der Waals surface area contributed by atoms with E-state index < -0.39 is 5.91 Å². The number of aromatic nitrogens is 1. The molecule has 21 heavy (non-hydrogen) atoms. The molecule has 1 aromatic heterocycles. The number of nitrogens with zero attached hydrogens (tertiary/aromatic N) is 1. The van der Waals surface area contributed by atoms with Gasteiger partial charge in [-0.3, -0.25) is 4.79 Å². The van der Waals surface area contributed by atoms with Crippen molar-refractivity contribution in [1.29, 1.82) is 0 Å². The minimum absolute atomic E-state index is 0.0643. The molecular weight excluding hydrogens is 290 g/mol. The van der Waals surface area contributed by atoms with Gasteiger partial charge < -0.3 is 15.8 Å². The minimum Gasteiger partial charge on any atom is -0.496 e. The maximum atomic E-state index is 11.1. The Balaban J connectivity index is 2.23. The molecule has 2 aromatic rings. The molecule has 0 fully saturated rings. The lowest BCUT2D eigenvalue weighted by Crippen LogP contribution is -2.13. The van der Waals surface area contributed by atoms with Crippen LogP contribution in [0.15, 0.2) is 36.5 Å². The van der Waals surface area contributed by atoms with E-state index in [4.69, 9.17) is 22.1 Å². The highest BCUT2D eigenvalue weighted by molar-refractivity contribution is 6.33. The fraction of sp³-hybridized carbons (Fsp3) is 0.200. The number of rotatable bonds is 5. The van der Waals surface area contributed by atoms with Crippen LogP contribution in [-0.4, -0.2) is 18.0 Å². The van der Waals surface area contributed by atoms with Crippen LogP contribution in [0.5, 0.6) is 5.75 Å². The fourth-order valence-corrected chi connectivity index (χ4v) is 2.21. The third-order valence-corrected chi connectivity index (χ3v) is 3.37. The number of methoxy groups -OCH3 is 1. The van der Waals surface area contributed by atoms with E-state index in [0.29, 0.717) is 10.8 Å². The number of ether oxygens (including phenoxy) is 1. The van der Waals surface area contributed by atoms with Gasteiger partial charge in [-0.25, -0.2) is 4.98 Å². The van der Waals surface area contributed by atoms with E-state index in [-0.39, 0.29) is 11.6 Å². The number of benzene rings is 1. The number of halogens is 1. The Morgan fingerprint density at radius 2 is 2.14 bits per heavy atom. The first-order valence-corrected chi connectivity index (χ1v) is 6.75. The van der Waals surface area contributed by atoms with Gasteiger partial charge in [-0.1, -0.05) is 29.8 Å². The highest BCUT2D eigenvalue weighted by atomic mass is 35.5. The lowest BCUT2D eigenvalue weighted by atomic mass is 10.1. The molecule has 110 valence electrons. The van der Waals surface area contributed by atoms with E-state index in [1.165, 1.54) is 12.3 Å². The second-order valence-corrected chi connectivity index (χ2v) is 4.93. The van der Waals surface area contributed by atoms with Gasteiger partial charge >= 0.3 is 0 Å². The Labute approximate surface area is 128 Å².